The highest BCUT2D eigenvalue weighted by atomic mass is 32.2. The minimum Gasteiger partial charge on any atom is -0.369 e. The fourth-order valence-corrected chi connectivity index (χ4v) is 4.28. The largest absolute Gasteiger partial charge is 0.369 e. The number of thiophene rings is 1. The van der Waals surface area contributed by atoms with Gasteiger partial charge in [-0.3, -0.25) is 0 Å². The van der Waals surface area contributed by atoms with E-state index in [9.17, 15) is 0 Å². The van der Waals surface area contributed by atoms with Crippen LogP contribution in [-0.2, 0) is 12.8 Å². The standard InChI is InChI=1S/C14H19N3S2/c1-3-8-15-12-11-9-6-4-5-7-10(9)19-13(11)17-14(16-12)18-2/h3-8H2,1-2H3,(H,15,16,17). The monoisotopic (exact) mass is 293 g/mol. The summed E-state index contributed by atoms with van der Waals surface area (Å²) in [5.74, 6) is 1.05. The van der Waals surface area contributed by atoms with E-state index in [0.717, 1.165) is 23.9 Å². The van der Waals surface area contributed by atoms with Crippen molar-refractivity contribution in [1.82, 2.24) is 9.97 Å². The summed E-state index contributed by atoms with van der Waals surface area (Å²) in [7, 11) is 0. The fraction of sp³-hybridized carbons (Fsp3) is 0.571. The molecule has 3 nitrogen and oxygen atoms in total. The topological polar surface area (TPSA) is 37.8 Å². The molecule has 1 N–H and O–H groups in total. The lowest BCUT2D eigenvalue weighted by atomic mass is 9.97. The Hall–Kier alpha value is -0.810. The zero-order valence-corrected chi connectivity index (χ0v) is 13.1. The highest BCUT2D eigenvalue weighted by molar-refractivity contribution is 7.98. The molecule has 0 radical (unpaired) electrons. The Morgan fingerprint density at radius 2 is 2.11 bits per heavy atom. The molecule has 0 bridgehead atoms. The maximum Gasteiger partial charge on any atom is 0.190 e. The van der Waals surface area contributed by atoms with Gasteiger partial charge in [0, 0.05) is 11.4 Å². The molecule has 0 atom stereocenters. The number of hydrogen-bond donors (Lipinski definition) is 1. The number of rotatable bonds is 4. The van der Waals surface area contributed by atoms with Crippen LogP contribution in [0.25, 0.3) is 10.2 Å². The predicted octanol–water partition coefficient (Wildman–Crippen LogP) is 4.11. The second-order valence-corrected chi connectivity index (χ2v) is 6.73. The van der Waals surface area contributed by atoms with Crippen LogP contribution in [0.2, 0.25) is 0 Å². The molecule has 0 spiro atoms. The van der Waals surface area contributed by atoms with Gasteiger partial charge in [-0.2, -0.15) is 0 Å². The van der Waals surface area contributed by atoms with Gasteiger partial charge in [-0.1, -0.05) is 18.7 Å². The first-order valence-electron chi connectivity index (χ1n) is 6.93. The average molecular weight is 293 g/mol. The van der Waals surface area contributed by atoms with E-state index in [1.165, 1.54) is 46.3 Å². The minimum atomic E-state index is 0.879. The maximum atomic E-state index is 4.70. The smallest absolute Gasteiger partial charge is 0.190 e. The molecule has 0 amide bonds. The van der Waals surface area contributed by atoms with Crippen molar-refractivity contribution in [3.8, 4) is 0 Å². The fourth-order valence-electron chi connectivity index (χ4n) is 2.60. The molecule has 0 fully saturated rings. The van der Waals surface area contributed by atoms with Crippen molar-refractivity contribution >= 4 is 39.1 Å². The third kappa shape index (κ3) is 2.46. The SMILES string of the molecule is CCCNc1nc(SC)nc2sc3c(c12)CCCC3. The summed E-state index contributed by atoms with van der Waals surface area (Å²) in [5, 5.41) is 5.67. The van der Waals surface area contributed by atoms with Gasteiger partial charge in [-0.25, -0.2) is 9.97 Å². The normalized spacial score (nSPS) is 14.6. The molecule has 102 valence electrons. The first kappa shape index (κ1) is 13.2. The number of fused-ring (bicyclic) bond motifs is 3. The van der Waals surface area contributed by atoms with Crippen LogP contribution in [0.4, 0.5) is 5.82 Å². The Labute approximate surface area is 122 Å². The molecule has 0 saturated heterocycles. The molecule has 0 unspecified atom stereocenters. The van der Waals surface area contributed by atoms with Crippen LogP contribution >= 0.6 is 23.1 Å². The minimum absolute atomic E-state index is 0.879. The van der Waals surface area contributed by atoms with E-state index in [0.29, 0.717) is 0 Å². The number of aromatic nitrogens is 2. The van der Waals surface area contributed by atoms with E-state index in [4.69, 9.17) is 4.98 Å². The van der Waals surface area contributed by atoms with Crippen molar-refractivity contribution in [2.45, 2.75) is 44.2 Å². The molecule has 0 saturated carbocycles. The first-order chi connectivity index (χ1) is 9.33. The zero-order chi connectivity index (χ0) is 13.2. The van der Waals surface area contributed by atoms with E-state index in [-0.39, 0.29) is 0 Å². The first-order valence-corrected chi connectivity index (χ1v) is 8.97. The number of nitrogens with one attached hydrogen (secondary N) is 1. The lowest BCUT2D eigenvalue weighted by molar-refractivity contribution is 0.700. The van der Waals surface area contributed by atoms with Crippen molar-refractivity contribution in [1.29, 1.82) is 0 Å². The number of anilines is 1. The van der Waals surface area contributed by atoms with Crippen LogP contribution in [0.3, 0.4) is 0 Å². The van der Waals surface area contributed by atoms with Gasteiger partial charge in [0.25, 0.3) is 0 Å². The number of thioether (sulfide) groups is 1. The van der Waals surface area contributed by atoms with E-state index in [1.54, 1.807) is 11.8 Å². The van der Waals surface area contributed by atoms with Crippen LogP contribution in [-0.4, -0.2) is 22.8 Å². The number of hydrogen-bond acceptors (Lipinski definition) is 5. The van der Waals surface area contributed by atoms with Crippen molar-refractivity contribution in [3.05, 3.63) is 10.4 Å². The molecular weight excluding hydrogens is 274 g/mol. The molecule has 5 heteroatoms. The summed E-state index contributed by atoms with van der Waals surface area (Å²) < 4.78 is 0. The second-order valence-electron chi connectivity index (χ2n) is 4.88. The van der Waals surface area contributed by atoms with Crippen molar-refractivity contribution in [3.63, 3.8) is 0 Å². The van der Waals surface area contributed by atoms with Gasteiger partial charge >= 0.3 is 0 Å². The van der Waals surface area contributed by atoms with Crippen molar-refractivity contribution in [2.24, 2.45) is 0 Å². The summed E-state index contributed by atoms with van der Waals surface area (Å²) in [6.45, 7) is 3.16. The Morgan fingerprint density at radius 1 is 1.26 bits per heavy atom. The lowest BCUT2D eigenvalue weighted by Crippen LogP contribution is -2.05. The highest BCUT2D eigenvalue weighted by Gasteiger charge is 2.20. The predicted molar refractivity (Wildman–Crippen MR) is 84.6 cm³/mol. The summed E-state index contributed by atoms with van der Waals surface area (Å²) in [4.78, 5) is 12.1. The summed E-state index contributed by atoms with van der Waals surface area (Å²) in [6.07, 6.45) is 8.19. The van der Waals surface area contributed by atoms with Gasteiger partial charge in [0.05, 0.1) is 5.39 Å². The van der Waals surface area contributed by atoms with E-state index < -0.39 is 0 Å². The summed E-state index contributed by atoms with van der Waals surface area (Å²) in [6, 6.07) is 0. The van der Waals surface area contributed by atoms with E-state index >= 15 is 0 Å². The molecule has 1 aliphatic rings. The Bertz CT molecular complexity index is 592. The average Bonchev–Trinajstić information content (AvgIpc) is 2.82. The quantitative estimate of drug-likeness (QED) is 0.680. The molecule has 2 aromatic rings. The molecule has 2 heterocycles. The third-order valence-electron chi connectivity index (χ3n) is 3.52. The van der Waals surface area contributed by atoms with Gasteiger partial charge in [0.15, 0.2) is 5.16 Å². The summed E-state index contributed by atoms with van der Waals surface area (Å²) in [5.41, 5.74) is 1.51. The molecule has 0 aliphatic heterocycles. The molecule has 1 aliphatic carbocycles. The van der Waals surface area contributed by atoms with E-state index in [2.05, 4.69) is 17.2 Å². The lowest BCUT2D eigenvalue weighted by Gasteiger charge is -2.12. The molecule has 2 aromatic heterocycles. The second kappa shape index (κ2) is 5.67. The van der Waals surface area contributed by atoms with Crippen molar-refractivity contribution < 1.29 is 0 Å². The van der Waals surface area contributed by atoms with Gasteiger partial charge < -0.3 is 5.32 Å². The van der Waals surface area contributed by atoms with Gasteiger partial charge in [0.2, 0.25) is 0 Å². The maximum absolute atomic E-state index is 4.70. The summed E-state index contributed by atoms with van der Waals surface area (Å²) >= 11 is 3.49. The number of nitrogens with zero attached hydrogens (tertiary/aromatic N) is 2. The highest BCUT2D eigenvalue weighted by Crippen LogP contribution is 2.39. The number of aryl methyl sites for hydroxylation is 2. The molecule has 0 aromatic carbocycles. The van der Waals surface area contributed by atoms with Gasteiger partial charge in [-0.05, 0) is 43.9 Å². The molecular formula is C14H19N3S2. The Kier molecular flexibility index (Phi) is 3.93. The van der Waals surface area contributed by atoms with Crippen LogP contribution in [0.1, 0.15) is 36.6 Å². The van der Waals surface area contributed by atoms with Crippen LogP contribution in [0.15, 0.2) is 5.16 Å². The van der Waals surface area contributed by atoms with Gasteiger partial charge in [0.1, 0.15) is 10.6 Å². The Balaban J connectivity index is 2.16. The third-order valence-corrected chi connectivity index (χ3v) is 5.25. The van der Waals surface area contributed by atoms with E-state index in [1.807, 2.05) is 17.6 Å². The van der Waals surface area contributed by atoms with Crippen LogP contribution in [0.5, 0.6) is 0 Å². The zero-order valence-electron chi connectivity index (χ0n) is 11.5. The van der Waals surface area contributed by atoms with Crippen LogP contribution < -0.4 is 5.32 Å². The van der Waals surface area contributed by atoms with Crippen LogP contribution in [0, 0.1) is 0 Å². The molecule has 3 rings (SSSR count). The Morgan fingerprint density at radius 3 is 2.89 bits per heavy atom. The molecule has 19 heavy (non-hydrogen) atoms. The van der Waals surface area contributed by atoms with Gasteiger partial charge in [-0.15, -0.1) is 11.3 Å². The van der Waals surface area contributed by atoms with Crippen molar-refractivity contribution in [2.75, 3.05) is 18.1 Å².